The zero-order valence-electron chi connectivity index (χ0n) is 13.6. The molecule has 0 aromatic heterocycles. The van der Waals surface area contributed by atoms with Crippen molar-refractivity contribution in [3.8, 4) is 0 Å². The zero-order valence-corrected chi connectivity index (χ0v) is 13.6. The average Bonchev–Trinajstić information content (AvgIpc) is 2.66. The Labute approximate surface area is 124 Å². The van der Waals surface area contributed by atoms with Crippen molar-refractivity contribution in [3.63, 3.8) is 0 Å². The van der Waals surface area contributed by atoms with E-state index in [1.54, 1.807) is 0 Å². The van der Waals surface area contributed by atoms with Crippen LogP contribution in [0.1, 0.15) is 66.2 Å². The molecule has 0 spiro atoms. The Balaban J connectivity index is 2.02. The predicted molar refractivity (Wildman–Crippen MR) is 83.4 cm³/mol. The minimum absolute atomic E-state index is 0.0775. The molecule has 2 aliphatic carbocycles. The Morgan fingerprint density at radius 3 is 2.65 bits per heavy atom. The minimum Gasteiger partial charge on any atom is -0.393 e. The van der Waals surface area contributed by atoms with Crippen LogP contribution in [0.3, 0.4) is 0 Å². The summed E-state index contributed by atoms with van der Waals surface area (Å²) < 4.78 is 0. The monoisotopic (exact) mass is 280 g/mol. The lowest BCUT2D eigenvalue weighted by Crippen LogP contribution is -2.41. The van der Waals surface area contributed by atoms with Gasteiger partial charge in [0.1, 0.15) is 0 Å². The fourth-order valence-corrected chi connectivity index (χ4v) is 4.76. The normalized spacial score (nSPS) is 40.0. The van der Waals surface area contributed by atoms with Crippen LogP contribution >= 0.6 is 0 Å². The van der Waals surface area contributed by atoms with Crippen LogP contribution in [0.2, 0.25) is 0 Å². The van der Waals surface area contributed by atoms with E-state index in [-0.39, 0.29) is 6.10 Å². The Hall–Kier alpha value is -0.340. The molecule has 2 nitrogen and oxygen atoms in total. The molecule has 0 heterocycles. The summed E-state index contributed by atoms with van der Waals surface area (Å²) in [5.74, 6) is 1.73. The first-order valence-corrected chi connectivity index (χ1v) is 8.31. The van der Waals surface area contributed by atoms with Crippen molar-refractivity contribution in [2.75, 3.05) is 0 Å². The highest BCUT2D eigenvalue weighted by atomic mass is 16.3. The quantitative estimate of drug-likeness (QED) is 0.766. The third-order valence-electron chi connectivity index (χ3n) is 5.85. The largest absolute Gasteiger partial charge is 0.393 e. The van der Waals surface area contributed by atoms with Crippen molar-refractivity contribution in [3.05, 3.63) is 12.2 Å². The maximum atomic E-state index is 10.3. The number of fused-ring (bicyclic) bond motifs is 1. The second-order valence-corrected chi connectivity index (χ2v) is 8.06. The molecule has 0 aromatic rings. The average molecular weight is 280 g/mol. The Kier molecular flexibility index (Phi) is 4.66. The van der Waals surface area contributed by atoms with E-state index in [0.717, 1.165) is 6.42 Å². The van der Waals surface area contributed by atoms with Gasteiger partial charge in [-0.25, -0.2) is 0 Å². The van der Waals surface area contributed by atoms with E-state index in [1.807, 2.05) is 13.8 Å². The fourth-order valence-electron chi connectivity index (χ4n) is 4.76. The van der Waals surface area contributed by atoms with Gasteiger partial charge in [-0.3, -0.25) is 0 Å². The summed E-state index contributed by atoms with van der Waals surface area (Å²) in [6.07, 6.45) is 10.9. The molecule has 0 aliphatic heterocycles. The van der Waals surface area contributed by atoms with Gasteiger partial charge in [-0.05, 0) is 69.1 Å². The fraction of sp³-hybridized carbons (Fsp3) is 0.889. The van der Waals surface area contributed by atoms with Crippen molar-refractivity contribution in [1.82, 2.24) is 0 Å². The number of aliphatic hydroxyl groups excluding tert-OH is 1. The molecule has 2 rings (SSSR count). The molecule has 3 unspecified atom stereocenters. The highest BCUT2D eigenvalue weighted by Gasteiger charge is 2.51. The molecular weight excluding hydrogens is 248 g/mol. The summed E-state index contributed by atoms with van der Waals surface area (Å²) in [6, 6.07) is 0. The molecule has 2 saturated carbocycles. The minimum atomic E-state index is -0.612. The molecule has 0 aromatic carbocycles. The first-order chi connectivity index (χ1) is 9.24. The van der Waals surface area contributed by atoms with E-state index in [4.69, 9.17) is 0 Å². The molecule has 5 atom stereocenters. The van der Waals surface area contributed by atoms with Crippen molar-refractivity contribution in [2.45, 2.75) is 77.9 Å². The van der Waals surface area contributed by atoms with Gasteiger partial charge in [0.05, 0.1) is 11.7 Å². The van der Waals surface area contributed by atoms with Crippen LogP contribution in [0.25, 0.3) is 0 Å². The van der Waals surface area contributed by atoms with E-state index in [9.17, 15) is 10.2 Å². The van der Waals surface area contributed by atoms with Gasteiger partial charge in [0.2, 0.25) is 0 Å². The molecule has 2 fully saturated rings. The Morgan fingerprint density at radius 1 is 1.30 bits per heavy atom. The van der Waals surface area contributed by atoms with Crippen LogP contribution in [0, 0.1) is 23.2 Å². The number of aliphatic hydroxyl groups is 2. The summed E-state index contributed by atoms with van der Waals surface area (Å²) in [4.78, 5) is 0. The third-order valence-corrected chi connectivity index (χ3v) is 5.85. The van der Waals surface area contributed by atoms with Crippen LogP contribution in [0.15, 0.2) is 12.2 Å². The van der Waals surface area contributed by atoms with Crippen LogP contribution in [0.5, 0.6) is 0 Å². The van der Waals surface area contributed by atoms with Gasteiger partial charge < -0.3 is 10.2 Å². The van der Waals surface area contributed by atoms with E-state index < -0.39 is 5.60 Å². The van der Waals surface area contributed by atoms with Gasteiger partial charge in [0.25, 0.3) is 0 Å². The maximum Gasteiger partial charge on any atom is 0.0626 e. The lowest BCUT2D eigenvalue weighted by molar-refractivity contribution is -0.0231. The molecule has 0 radical (unpaired) electrons. The molecule has 2 N–H and O–H groups in total. The van der Waals surface area contributed by atoms with E-state index in [2.05, 4.69) is 26.0 Å². The van der Waals surface area contributed by atoms with E-state index in [1.165, 1.54) is 25.7 Å². The number of allylic oxidation sites excluding steroid dienone is 1. The molecule has 2 aliphatic rings. The summed E-state index contributed by atoms with van der Waals surface area (Å²) in [5.41, 5.74) is -0.296. The number of hydrogen-bond donors (Lipinski definition) is 2. The van der Waals surface area contributed by atoms with Gasteiger partial charge in [0, 0.05) is 0 Å². The van der Waals surface area contributed by atoms with Crippen molar-refractivity contribution in [2.24, 2.45) is 23.2 Å². The summed E-state index contributed by atoms with van der Waals surface area (Å²) in [6.45, 7) is 8.41. The standard InChI is InChI=1S/C18H32O2/c1-13(7-5-11-17(2,3)20)14-9-10-15-16(19)8-6-12-18(14,15)4/h5,7,13-16,19-20H,6,8-12H2,1-4H3/b7-5+/t13-,14?,15?,16+,18?/m1/s1. The van der Waals surface area contributed by atoms with Crippen molar-refractivity contribution >= 4 is 0 Å². The highest BCUT2D eigenvalue weighted by Crippen LogP contribution is 2.57. The van der Waals surface area contributed by atoms with E-state index in [0.29, 0.717) is 29.6 Å². The summed E-state index contributed by atoms with van der Waals surface area (Å²) in [7, 11) is 0. The first kappa shape index (κ1) is 16.0. The molecule has 2 heteroatoms. The molecule has 0 amide bonds. The van der Waals surface area contributed by atoms with Gasteiger partial charge >= 0.3 is 0 Å². The maximum absolute atomic E-state index is 10.3. The molecular formula is C18H32O2. The van der Waals surface area contributed by atoms with Gasteiger partial charge in [-0.15, -0.1) is 0 Å². The smallest absolute Gasteiger partial charge is 0.0626 e. The van der Waals surface area contributed by atoms with Gasteiger partial charge in [-0.2, -0.15) is 0 Å². The van der Waals surface area contributed by atoms with Gasteiger partial charge in [-0.1, -0.05) is 32.4 Å². The van der Waals surface area contributed by atoms with Crippen LogP contribution in [0.4, 0.5) is 0 Å². The predicted octanol–water partition coefficient (Wildman–Crippen LogP) is 3.92. The van der Waals surface area contributed by atoms with Crippen molar-refractivity contribution in [1.29, 1.82) is 0 Å². The third kappa shape index (κ3) is 3.28. The lowest BCUT2D eigenvalue weighted by Gasteiger charge is -2.44. The van der Waals surface area contributed by atoms with Gasteiger partial charge in [0.15, 0.2) is 0 Å². The second-order valence-electron chi connectivity index (χ2n) is 8.06. The molecule has 0 bridgehead atoms. The topological polar surface area (TPSA) is 40.5 Å². The van der Waals surface area contributed by atoms with Crippen molar-refractivity contribution < 1.29 is 10.2 Å². The Bertz CT molecular complexity index is 355. The van der Waals surface area contributed by atoms with Crippen LogP contribution in [-0.2, 0) is 0 Å². The first-order valence-electron chi connectivity index (χ1n) is 8.31. The molecule has 0 saturated heterocycles. The highest BCUT2D eigenvalue weighted by molar-refractivity contribution is 5.05. The number of hydrogen-bond acceptors (Lipinski definition) is 2. The second kappa shape index (κ2) is 5.81. The van der Waals surface area contributed by atoms with Crippen LogP contribution < -0.4 is 0 Å². The summed E-state index contributed by atoms with van der Waals surface area (Å²) in [5, 5.41) is 20.1. The van der Waals surface area contributed by atoms with E-state index >= 15 is 0 Å². The lowest BCUT2D eigenvalue weighted by atomic mass is 9.62. The number of rotatable bonds is 4. The zero-order chi connectivity index (χ0) is 15.0. The SMILES string of the molecule is C[C@H](/C=C/CC(C)(C)O)C1CCC2[C@@H](O)CCCC12C. The van der Waals surface area contributed by atoms with Crippen LogP contribution in [-0.4, -0.2) is 21.9 Å². The molecule has 116 valence electrons. The summed E-state index contributed by atoms with van der Waals surface area (Å²) >= 11 is 0. The molecule has 20 heavy (non-hydrogen) atoms. The Morgan fingerprint density at radius 2 is 2.00 bits per heavy atom.